The van der Waals surface area contributed by atoms with Crippen LogP contribution in [0.15, 0.2) is 12.3 Å². The number of aliphatic hydroxyl groups is 2. The SMILES string of the molecule is CC[C@H]1OC(=O)C[C@@H](O)[C@H](C)[C@H](O[C@H]2O[C@@H](C)C[C@H](N(C)C)[C@@H]2O)[C@H]2C[C@@H](C)c3cc(ncc32)[C@@]2(C)O[C@@H]2[C@@H]1C. The molecule has 2 saturated heterocycles. The lowest BCUT2D eigenvalue weighted by Gasteiger charge is -2.44. The van der Waals surface area contributed by atoms with Crippen molar-refractivity contribution in [3.63, 3.8) is 0 Å². The van der Waals surface area contributed by atoms with Crippen LogP contribution in [0.25, 0.3) is 0 Å². The topological polar surface area (TPSA) is 114 Å². The number of nitrogens with zero attached hydrogens (tertiary/aromatic N) is 2. The molecule has 6 rings (SSSR count). The van der Waals surface area contributed by atoms with Gasteiger partial charge in [-0.3, -0.25) is 9.78 Å². The molecular formula is C31H48N2O7. The van der Waals surface area contributed by atoms with Gasteiger partial charge in [0.1, 0.15) is 17.8 Å². The summed E-state index contributed by atoms with van der Waals surface area (Å²) in [6.45, 7) is 12.2. The first-order valence-electron chi connectivity index (χ1n) is 15.1. The lowest BCUT2D eigenvalue weighted by atomic mass is 9.83. The number of epoxide rings is 1. The van der Waals surface area contributed by atoms with E-state index < -0.39 is 42.1 Å². The number of rotatable bonds is 4. The average Bonchev–Trinajstić information content (AvgIpc) is 3.50. The smallest absolute Gasteiger partial charge is 0.308 e. The molecule has 1 aromatic heterocycles. The third-order valence-corrected chi connectivity index (χ3v) is 10.1. The van der Waals surface area contributed by atoms with Gasteiger partial charge in [-0.1, -0.05) is 27.7 Å². The van der Waals surface area contributed by atoms with Crippen LogP contribution >= 0.6 is 0 Å². The molecule has 224 valence electrons. The number of hydrogen-bond acceptors (Lipinski definition) is 9. The molecule has 0 spiro atoms. The summed E-state index contributed by atoms with van der Waals surface area (Å²) in [7, 11) is 3.89. The summed E-state index contributed by atoms with van der Waals surface area (Å²) < 4.78 is 25.0. The van der Waals surface area contributed by atoms with Crippen LogP contribution in [0.5, 0.6) is 0 Å². The molecule has 5 heterocycles. The molecule has 13 atom stereocenters. The van der Waals surface area contributed by atoms with E-state index in [1.54, 1.807) is 0 Å². The Bertz CT molecular complexity index is 1080. The van der Waals surface area contributed by atoms with Crippen molar-refractivity contribution in [2.75, 3.05) is 14.1 Å². The Kier molecular flexibility index (Phi) is 8.38. The summed E-state index contributed by atoms with van der Waals surface area (Å²) in [6, 6.07) is 2.05. The number of esters is 1. The highest BCUT2D eigenvalue weighted by atomic mass is 16.7. The van der Waals surface area contributed by atoms with Gasteiger partial charge in [0.05, 0.1) is 36.5 Å². The quantitative estimate of drug-likeness (QED) is 0.422. The Balaban J connectivity index is 1.53. The molecule has 0 radical (unpaired) electrons. The Morgan fingerprint density at radius 2 is 1.85 bits per heavy atom. The van der Waals surface area contributed by atoms with E-state index in [9.17, 15) is 15.0 Å². The Hall–Kier alpha value is -1.62. The summed E-state index contributed by atoms with van der Waals surface area (Å²) in [6.07, 6.45) is 0.205. The van der Waals surface area contributed by atoms with Crippen molar-refractivity contribution in [3.8, 4) is 0 Å². The Morgan fingerprint density at radius 3 is 2.52 bits per heavy atom. The fourth-order valence-corrected chi connectivity index (χ4v) is 7.43. The number of ether oxygens (including phenoxy) is 4. The molecule has 2 N–H and O–H groups in total. The van der Waals surface area contributed by atoms with Crippen LogP contribution in [0, 0.1) is 11.8 Å². The average molecular weight is 561 g/mol. The van der Waals surface area contributed by atoms with Gasteiger partial charge in [-0.2, -0.15) is 0 Å². The maximum atomic E-state index is 13.1. The van der Waals surface area contributed by atoms with E-state index >= 15 is 0 Å². The second-order valence-electron chi connectivity index (χ2n) is 13.2. The van der Waals surface area contributed by atoms with Crippen LogP contribution in [-0.2, 0) is 29.3 Å². The highest BCUT2D eigenvalue weighted by Gasteiger charge is 2.59. The zero-order valence-electron chi connectivity index (χ0n) is 25.2. The van der Waals surface area contributed by atoms with E-state index in [0.29, 0.717) is 12.8 Å². The van der Waals surface area contributed by atoms with Crippen molar-refractivity contribution in [1.29, 1.82) is 0 Å². The summed E-state index contributed by atoms with van der Waals surface area (Å²) in [5, 5.41) is 22.6. The van der Waals surface area contributed by atoms with E-state index in [-0.39, 0.29) is 48.5 Å². The molecule has 4 bridgehead atoms. The molecule has 1 aromatic rings. The monoisotopic (exact) mass is 560 g/mol. The lowest BCUT2D eigenvalue weighted by Crippen LogP contribution is -2.56. The Morgan fingerprint density at radius 1 is 1.12 bits per heavy atom. The van der Waals surface area contributed by atoms with Crippen LogP contribution in [-0.4, -0.2) is 89.1 Å². The van der Waals surface area contributed by atoms with Crippen LogP contribution in [0.1, 0.15) is 95.9 Å². The minimum Gasteiger partial charge on any atom is -0.462 e. The third kappa shape index (κ3) is 5.34. The summed E-state index contributed by atoms with van der Waals surface area (Å²) >= 11 is 0. The van der Waals surface area contributed by atoms with Gasteiger partial charge in [-0.05, 0) is 70.3 Å². The van der Waals surface area contributed by atoms with Crippen LogP contribution in [0.3, 0.4) is 0 Å². The Labute approximate surface area is 238 Å². The van der Waals surface area contributed by atoms with Crippen molar-refractivity contribution in [2.24, 2.45) is 11.8 Å². The predicted octanol–water partition coefficient (Wildman–Crippen LogP) is 3.46. The number of aromatic nitrogens is 1. The minimum atomic E-state index is -0.993. The van der Waals surface area contributed by atoms with Crippen LogP contribution in [0.4, 0.5) is 0 Å². The van der Waals surface area contributed by atoms with Crippen molar-refractivity contribution in [2.45, 2.75) is 134 Å². The number of hydrogen-bond donors (Lipinski definition) is 2. The molecule has 9 heteroatoms. The van der Waals surface area contributed by atoms with E-state index in [4.69, 9.17) is 23.9 Å². The molecule has 0 saturated carbocycles. The van der Waals surface area contributed by atoms with Gasteiger partial charge >= 0.3 is 5.97 Å². The van der Waals surface area contributed by atoms with Crippen LogP contribution in [0.2, 0.25) is 0 Å². The molecule has 4 aliphatic heterocycles. The van der Waals surface area contributed by atoms with E-state index in [0.717, 1.165) is 17.7 Å². The van der Waals surface area contributed by atoms with Gasteiger partial charge in [0.2, 0.25) is 0 Å². The molecule has 0 amide bonds. The first kappa shape index (κ1) is 29.9. The molecule has 40 heavy (non-hydrogen) atoms. The predicted molar refractivity (Wildman–Crippen MR) is 149 cm³/mol. The van der Waals surface area contributed by atoms with Gasteiger partial charge < -0.3 is 34.1 Å². The number of carbonyl (C=O) groups is 1. The van der Waals surface area contributed by atoms with Crippen molar-refractivity contribution in [1.82, 2.24) is 9.88 Å². The third-order valence-electron chi connectivity index (χ3n) is 10.1. The van der Waals surface area contributed by atoms with E-state index in [1.165, 1.54) is 5.56 Å². The lowest BCUT2D eigenvalue weighted by molar-refractivity contribution is -0.278. The standard InChI is InChI=1S/C31H48N2O7/c1-9-24-18(5)29-31(6,40-29)25-12-19-15(2)10-20(21(19)14-32-25)28(17(4)23(34)13-26(35)38-24)39-30-27(36)22(33(7)8)11-16(3)37-30/h12,14-18,20,22-24,27-30,34,36H,9-11,13H2,1-8H3/t15-,16+,17+,18-,20+,22+,23-,24-,27+,28+,29-,30-,31-/m1/s1. The maximum absolute atomic E-state index is 13.1. The normalized spacial score (nSPS) is 45.5. The minimum absolute atomic E-state index is 0.0217. The van der Waals surface area contributed by atoms with E-state index in [2.05, 4.69) is 26.8 Å². The zero-order valence-corrected chi connectivity index (χ0v) is 25.2. The highest BCUT2D eigenvalue weighted by molar-refractivity contribution is 5.70. The maximum Gasteiger partial charge on any atom is 0.308 e. The number of aliphatic hydroxyl groups excluding tert-OH is 2. The first-order valence-corrected chi connectivity index (χ1v) is 15.1. The first-order chi connectivity index (χ1) is 18.8. The second-order valence-corrected chi connectivity index (χ2v) is 13.2. The summed E-state index contributed by atoms with van der Waals surface area (Å²) in [4.78, 5) is 20.0. The second kappa shape index (κ2) is 11.2. The highest BCUT2D eigenvalue weighted by Crippen LogP contribution is 2.53. The summed E-state index contributed by atoms with van der Waals surface area (Å²) in [5.74, 6) is -0.719. The van der Waals surface area contributed by atoms with Gasteiger partial charge in [0.25, 0.3) is 0 Å². The fourth-order valence-electron chi connectivity index (χ4n) is 7.43. The number of fused-ring (bicyclic) bond motifs is 8. The van der Waals surface area contributed by atoms with E-state index in [1.807, 2.05) is 46.0 Å². The van der Waals surface area contributed by atoms with Crippen molar-refractivity contribution < 1.29 is 34.0 Å². The largest absolute Gasteiger partial charge is 0.462 e. The molecule has 1 aliphatic carbocycles. The molecule has 5 aliphatic rings. The molecule has 0 unspecified atom stereocenters. The molecule has 9 nitrogen and oxygen atoms in total. The number of likely N-dealkylation sites (N-methyl/N-ethyl adjacent to an activating group) is 1. The van der Waals surface area contributed by atoms with Gasteiger partial charge in [0.15, 0.2) is 6.29 Å². The number of carbonyl (C=O) groups excluding carboxylic acids is 1. The summed E-state index contributed by atoms with van der Waals surface area (Å²) in [5.41, 5.74) is 2.66. The molecule has 2 fully saturated rings. The molecular weight excluding hydrogens is 512 g/mol. The van der Waals surface area contributed by atoms with Gasteiger partial charge in [-0.25, -0.2) is 0 Å². The van der Waals surface area contributed by atoms with Crippen LogP contribution < -0.4 is 0 Å². The molecule has 0 aromatic carbocycles. The van der Waals surface area contributed by atoms with Crippen molar-refractivity contribution in [3.05, 3.63) is 29.1 Å². The number of pyridine rings is 1. The van der Waals surface area contributed by atoms with Crippen molar-refractivity contribution >= 4 is 5.97 Å². The van der Waals surface area contributed by atoms with Gasteiger partial charge in [0, 0.05) is 30.0 Å². The zero-order chi connectivity index (χ0) is 29.1. The fraction of sp³-hybridized carbons (Fsp3) is 0.806. The van der Waals surface area contributed by atoms with Gasteiger partial charge in [-0.15, -0.1) is 0 Å².